The van der Waals surface area contributed by atoms with Crippen LogP contribution >= 0.6 is 0 Å². The van der Waals surface area contributed by atoms with Crippen molar-refractivity contribution in [1.29, 1.82) is 5.26 Å². The molecule has 0 saturated heterocycles. The Kier molecular flexibility index (Phi) is 5.80. The fraction of sp³-hybridized carbons (Fsp3) is 0.263. The summed E-state index contributed by atoms with van der Waals surface area (Å²) in [4.78, 5) is 12.2. The number of nitrogens with one attached hydrogen (secondary N) is 1. The van der Waals surface area contributed by atoms with Crippen molar-refractivity contribution < 1.29 is 14.3 Å². The molecule has 5 heteroatoms. The molecule has 0 fully saturated rings. The summed E-state index contributed by atoms with van der Waals surface area (Å²) >= 11 is 0. The lowest BCUT2D eigenvalue weighted by atomic mass is 10.1. The Morgan fingerprint density at radius 1 is 1.21 bits per heavy atom. The fourth-order valence-corrected chi connectivity index (χ4v) is 2.12. The zero-order valence-corrected chi connectivity index (χ0v) is 14.0. The van der Waals surface area contributed by atoms with E-state index in [2.05, 4.69) is 5.32 Å². The highest BCUT2D eigenvalue weighted by Gasteiger charge is 2.17. The molecular formula is C19H20N2O3. The molecule has 0 aliphatic carbocycles. The lowest BCUT2D eigenvalue weighted by Gasteiger charge is -2.17. The van der Waals surface area contributed by atoms with Gasteiger partial charge < -0.3 is 14.8 Å². The maximum atomic E-state index is 12.2. The number of aryl methyl sites for hydroxylation is 1. The van der Waals surface area contributed by atoms with Gasteiger partial charge in [-0.1, -0.05) is 29.8 Å². The standard InChI is InChI=1S/C19H20N2O3/c1-13-4-6-15(7-5-13)12-21-19(22)14(2)24-17-9-8-16(11-20)10-18(17)23-3/h4-10,14H,12H2,1-3H3,(H,21,22)/t14-/m1/s1. The van der Waals surface area contributed by atoms with Crippen LogP contribution < -0.4 is 14.8 Å². The van der Waals surface area contributed by atoms with Crippen molar-refractivity contribution in [3.63, 3.8) is 0 Å². The summed E-state index contributed by atoms with van der Waals surface area (Å²) in [6.45, 7) is 4.13. The highest BCUT2D eigenvalue weighted by molar-refractivity contribution is 5.80. The first-order valence-corrected chi connectivity index (χ1v) is 7.61. The Bertz CT molecular complexity index is 748. The monoisotopic (exact) mass is 324 g/mol. The van der Waals surface area contributed by atoms with Crippen LogP contribution in [-0.2, 0) is 11.3 Å². The number of methoxy groups -OCH3 is 1. The molecule has 2 aromatic carbocycles. The van der Waals surface area contributed by atoms with E-state index in [0.717, 1.165) is 5.56 Å². The fourth-order valence-electron chi connectivity index (χ4n) is 2.12. The average molecular weight is 324 g/mol. The van der Waals surface area contributed by atoms with E-state index in [1.807, 2.05) is 37.3 Å². The molecule has 2 aromatic rings. The maximum absolute atomic E-state index is 12.2. The van der Waals surface area contributed by atoms with E-state index in [1.165, 1.54) is 12.7 Å². The van der Waals surface area contributed by atoms with E-state index in [0.29, 0.717) is 23.6 Å². The Morgan fingerprint density at radius 2 is 1.92 bits per heavy atom. The van der Waals surface area contributed by atoms with E-state index in [-0.39, 0.29) is 5.91 Å². The van der Waals surface area contributed by atoms with Crippen molar-refractivity contribution >= 4 is 5.91 Å². The first kappa shape index (κ1) is 17.4. The van der Waals surface area contributed by atoms with Gasteiger partial charge in [0.15, 0.2) is 17.6 Å². The number of hydrogen-bond donors (Lipinski definition) is 1. The number of nitrogens with zero attached hydrogens (tertiary/aromatic N) is 1. The first-order chi connectivity index (χ1) is 11.5. The summed E-state index contributed by atoms with van der Waals surface area (Å²) in [5.74, 6) is 0.628. The van der Waals surface area contributed by atoms with E-state index in [9.17, 15) is 4.79 Å². The topological polar surface area (TPSA) is 71.3 Å². The minimum absolute atomic E-state index is 0.220. The maximum Gasteiger partial charge on any atom is 0.261 e. The van der Waals surface area contributed by atoms with Crippen LogP contribution in [0.1, 0.15) is 23.6 Å². The van der Waals surface area contributed by atoms with Gasteiger partial charge in [0.2, 0.25) is 0 Å². The van der Waals surface area contributed by atoms with Gasteiger partial charge in [0, 0.05) is 12.6 Å². The molecule has 0 bridgehead atoms. The summed E-state index contributed by atoms with van der Waals surface area (Å²) in [7, 11) is 1.49. The van der Waals surface area contributed by atoms with Gasteiger partial charge >= 0.3 is 0 Å². The zero-order valence-electron chi connectivity index (χ0n) is 14.0. The zero-order chi connectivity index (χ0) is 17.5. The summed E-state index contributed by atoms with van der Waals surface area (Å²) in [5, 5.41) is 11.7. The van der Waals surface area contributed by atoms with Gasteiger partial charge in [-0.25, -0.2) is 0 Å². The van der Waals surface area contributed by atoms with Crippen molar-refractivity contribution in [2.24, 2.45) is 0 Å². The van der Waals surface area contributed by atoms with Crippen molar-refractivity contribution in [3.05, 3.63) is 59.2 Å². The number of hydrogen-bond acceptors (Lipinski definition) is 4. The van der Waals surface area contributed by atoms with Gasteiger partial charge in [-0.05, 0) is 31.5 Å². The number of nitriles is 1. The molecule has 0 saturated carbocycles. The van der Waals surface area contributed by atoms with Crippen LogP contribution in [0.4, 0.5) is 0 Å². The summed E-state index contributed by atoms with van der Waals surface area (Å²) in [6, 6.07) is 14.8. The second kappa shape index (κ2) is 8.02. The number of ether oxygens (including phenoxy) is 2. The molecule has 0 aliphatic heterocycles. The Labute approximate surface area is 141 Å². The van der Waals surface area contributed by atoms with E-state index >= 15 is 0 Å². The quantitative estimate of drug-likeness (QED) is 0.887. The van der Waals surface area contributed by atoms with Gasteiger partial charge in [-0.2, -0.15) is 5.26 Å². The predicted molar refractivity (Wildman–Crippen MR) is 90.8 cm³/mol. The minimum atomic E-state index is -0.683. The van der Waals surface area contributed by atoms with Crippen LogP contribution in [0, 0.1) is 18.3 Å². The molecule has 1 atom stereocenters. The summed E-state index contributed by atoms with van der Waals surface area (Å²) in [5.41, 5.74) is 2.67. The number of benzene rings is 2. The van der Waals surface area contributed by atoms with Crippen LogP contribution in [0.2, 0.25) is 0 Å². The van der Waals surface area contributed by atoms with Crippen molar-refractivity contribution in [2.45, 2.75) is 26.5 Å². The molecule has 0 aromatic heterocycles. The van der Waals surface area contributed by atoms with Crippen LogP contribution in [0.15, 0.2) is 42.5 Å². The van der Waals surface area contributed by atoms with Gasteiger partial charge in [0.1, 0.15) is 0 Å². The van der Waals surface area contributed by atoms with Gasteiger partial charge in [-0.15, -0.1) is 0 Å². The Balaban J connectivity index is 1.96. The number of amides is 1. The molecule has 124 valence electrons. The Hall–Kier alpha value is -3.00. The normalized spacial score (nSPS) is 11.2. The molecule has 0 unspecified atom stereocenters. The molecule has 1 amide bonds. The third-order valence-electron chi connectivity index (χ3n) is 3.55. The highest BCUT2D eigenvalue weighted by Crippen LogP contribution is 2.28. The van der Waals surface area contributed by atoms with E-state index in [1.54, 1.807) is 25.1 Å². The predicted octanol–water partition coefficient (Wildman–Crippen LogP) is 2.96. The molecule has 2 rings (SSSR count). The average Bonchev–Trinajstić information content (AvgIpc) is 2.61. The lowest BCUT2D eigenvalue weighted by molar-refractivity contribution is -0.127. The van der Waals surface area contributed by atoms with Crippen molar-refractivity contribution in [1.82, 2.24) is 5.32 Å². The molecular weight excluding hydrogens is 304 g/mol. The third-order valence-corrected chi connectivity index (χ3v) is 3.55. The number of carbonyl (C=O) groups is 1. The van der Waals surface area contributed by atoms with Crippen LogP contribution in [-0.4, -0.2) is 19.1 Å². The van der Waals surface area contributed by atoms with Crippen LogP contribution in [0.3, 0.4) is 0 Å². The van der Waals surface area contributed by atoms with Gasteiger partial charge in [0.05, 0.1) is 18.7 Å². The van der Waals surface area contributed by atoms with Gasteiger partial charge in [-0.3, -0.25) is 4.79 Å². The lowest BCUT2D eigenvalue weighted by Crippen LogP contribution is -2.35. The van der Waals surface area contributed by atoms with Crippen LogP contribution in [0.5, 0.6) is 11.5 Å². The first-order valence-electron chi connectivity index (χ1n) is 7.61. The van der Waals surface area contributed by atoms with Crippen molar-refractivity contribution in [2.75, 3.05) is 7.11 Å². The van der Waals surface area contributed by atoms with Crippen LogP contribution in [0.25, 0.3) is 0 Å². The summed E-state index contributed by atoms with van der Waals surface area (Å²) < 4.78 is 10.9. The SMILES string of the molecule is COc1cc(C#N)ccc1O[C@H](C)C(=O)NCc1ccc(C)cc1. The molecule has 0 radical (unpaired) electrons. The highest BCUT2D eigenvalue weighted by atomic mass is 16.5. The summed E-state index contributed by atoms with van der Waals surface area (Å²) in [6.07, 6.45) is -0.683. The Morgan fingerprint density at radius 3 is 2.54 bits per heavy atom. The minimum Gasteiger partial charge on any atom is -0.493 e. The van der Waals surface area contributed by atoms with Gasteiger partial charge in [0.25, 0.3) is 5.91 Å². The molecule has 5 nitrogen and oxygen atoms in total. The smallest absolute Gasteiger partial charge is 0.261 e. The second-order valence-corrected chi connectivity index (χ2v) is 5.44. The number of rotatable bonds is 6. The van der Waals surface area contributed by atoms with E-state index < -0.39 is 6.10 Å². The second-order valence-electron chi connectivity index (χ2n) is 5.44. The largest absolute Gasteiger partial charge is 0.493 e. The molecule has 0 aliphatic rings. The molecule has 0 spiro atoms. The van der Waals surface area contributed by atoms with Crippen molar-refractivity contribution in [3.8, 4) is 17.6 Å². The molecule has 24 heavy (non-hydrogen) atoms. The molecule has 0 heterocycles. The molecule has 1 N–H and O–H groups in total. The van der Waals surface area contributed by atoms with E-state index in [4.69, 9.17) is 14.7 Å². The number of carbonyl (C=O) groups excluding carboxylic acids is 1. The third kappa shape index (κ3) is 4.50.